The van der Waals surface area contributed by atoms with Crippen molar-refractivity contribution in [2.24, 2.45) is 23.2 Å². The van der Waals surface area contributed by atoms with E-state index in [0.29, 0.717) is 5.92 Å². The molecule has 1 saturated carbocycles. The van der Waals surface area contributed by atoms with Gasteiger partial charge in [0.2, 0.25) is 5.91 Å². The van der Waals surface area contributed by atoms with E-state index in [-0.39, 0.29) is 17.2 Å². The third-order valence-electron chi connectivity index (χ3n) is 3.95. The number of nitrogens with one attached hydrogen (secondary N) is 1. The van der Waals surface area contributed by atoms with Gasteiger partial charge in [0.05, 0.1) is 0 Å². The SMILES string of the molecule is CC1CNC(=O)C2CC1C2(C)C. The highest BCUT2D eigenvalue weighted by Gasteiger charge is 2.54. The molecule has 1 aliphatic carbocycles. The molecule has 2 heterocycles. The number of amides is 1. The second-order valence-electron chi connectivity index (χ2n) is 4.94. The summed E-state index contributed by atoms with van der Waals surface area (Å²) >= 11 is 0. The van der Waals surface area contributed by atoms with Crippen molar-refractivity contribution in [3.05, 3.63) is 0 Å². The molecular formula is C10H17NO. The fourth-order valence-corrected chi connectivity index (χ4v) is 2.90. The molecule has 3 unspecified atom stereocenters. The van der Waals surface area contributed by atoms with Crippen LogP contribution in [0, 0.1) is 23.2 Å². The highest BCUT2D eigenvalue weighted by Crippen LogP contribution is 2.55. The lowest BCUT2D eigenvalue weighted by atomic mass is 9.52. The zero-order valence-corrected chi connectivity index (χ0v) is 8.05. The standard InChI is InChI=1S/C10H17NO/c1-6-5-11-9(12)8-4-7(6)10(8,2)3/h6-8H,4-5H2,1-3H3,(H,11,12). The molecule has 0 aromatic rings. The molecule has 3 atom stereocenters. The number of rotatable bonds is 0. The van der Waals surface area contributed by atoms with Crippen LogP contribution in [0.3, 0.4) is 0 Å². The molecule has 3 fully saturated rings. The minimum absolute atomic E-state index is 0.250. The largest absolute Gasteiger partial charge is 0.356 e. The van der Waals surface area contributed by atoms with Gasteiger partial charge in [-0.3, -0.25) is 4.79 Å². The lowest BCUT2D eigenvalue weighted by Gasteiger charge is -2.51. The normalized spacial score (nSPS) is 44.2. The van der Waals surface area contributed by atoms with Gasteiger partial charge in [0.25, 0.3) is 0 Å². The second kappa shape index (κ2) is 2.24. The Labute approximate surface area is 73.7 Å². The Balaban J connectivity index is 2.26. The molecule has 2 bridgehead atoms. The quantitative estimate of drug-likeness (QED) is 0.580. The van der Waals surface area contributed by atoms with Crippen molar-refractivity contribution in [1.82, 2.24) is 5.32 Å². The summed E-state index contributed by atoms with van der Waals surface area (Å²) in [5.74, 6) is 1.97. The van der Waals surface area contributed by atoms with Crippen LogP contribution < -0.4 is 5.32 Å². The van der Waals surface area contributed by atoms with Crippen molar-refractivity contribution in [2.45, 2.75) is 27.2 Å². The maximum atomic E-state index is 11.5. The van der Waals surface area contributed by atoms with Crippen LogP contribution in [0.2, 0.25) is 0 Å². The summed E-state index contributed by atoms with van der Waals surface area (Å²) < 4.78 is 0. The molecule has 2 heteroatoms. The summed E-state index contributed by atoms with van der Waals surface area (Å²) in [6.45, 7) is 7.58. The molecule has 3 rings (SSSR count). The lowest BCUT2D eigenvalue weighted by molar-refractivity contribution is -0.138. The van der Waals surface area contributed by atoms with Crippen LogP contribution in [0.15, 0.2) is 0 Å². The summed E-state index contributed by atoms with van der Waals surface area (Å²) in [5.41, 5.74) is 0.250. The molecule has 68 valence electrons. The summed E-state index contributed by atoms with van der Waals surface area (Å²) in [4.78, 5) is 11.5. The van der Waals surface area contributed by atoms with E-state index >= 15 is 0 Å². The van der Waals surface area contributed by atoms with Crippen molar-refractivity contribution < 1.29 is 4.79 Å². The number of fused-ring (bicyclic) bond motifs is 3. The van der Waals surface area contributed by atoms with Gasteiger partial charge in [-0.2, -0.15) is 0 Å². The van der Waals surface area contributed by atoms with Gasteiger partial charge in [-0.15, -0.1) is 0 Å². The molecule has 1 amide bonds. The van der Waals surface area contributed by atoms with Crippen LogP contribution in [-0.2, 0) is 4.79 Å². The second-order valence-corrected chi connectivity index (χ2v) is 4.94. The van der Waals surface area contributed by atoms with Gasteiger partial charge >= 0.3 is 0 Å². The monoisotopic (exact) mass is 167 g/mol. The van der Waals surface area contributed by atoms with Gasteiger partial charge in [-0.05, 0) is 23.7 Å². The molecule has 1 N–H and O–H groups in total. The molecule has 0 radical (unpaired) electrons. The highest BCUT2D eigenvalue weighted by molar-refractivity contribution is 5.81. The van der Waals surface area contributed by atoms with E-state index in [1.807, 2.05) is 0 Å². The zero-order chi connectivity index (χ0) is 8.93. The Bertz CT molecular complexity index is 222. The summed E-state index contributed by atoms with van der Waals surface area (Å²) in [7, 11) is 0. The molecule has 0 spiro atoms. The summed E-state index contributed by atoms with van der Waals surface area (Å²) in [6, 6.07) is 0. The third kappa shape index (κ3) is 0.838. The zero-order valence-electron chi connectivity index (χ0n) is 8.05. The van der Waals surface area contributed by atoms with Crippen molar-refractivity contribution in [2.75, 3.05) is 6.54 Å². The first-order chi connectivity index (χ1) is 5.53. The maximum Gasteiger partial charge on any atom is 0.223 e. The minimum atomic E-state index is 0.250. The number of hydrogen-bond donors (Lipinski definition) is 1. The van der Waals surface area contributed by atoms with Crippen LogP contribution in [0.4, 0.5) is 0 Å². The van der Waals surface area contributed by atoms with Crippen LogP contribution in [-0.4, -0.2) is 12.5 Å². The Hall–Kier alpha value is -0.530. The van der Waals surface area contributed by atoms with E-state index in [4.69, 9.17) is 0 Å². The lowest BCUT2D eigenvalue weighted by Crippen LogP contribution is -2.49. The first kappa shape index (κ1) is 8.09. The first-order valence-corrected chi connectivity index (χ1v) is 4.81. The molecule has 3 aliphatic rings. The van der Waals surface area contributed by atoms with Crippen molar-refractivity contribution in [1.29, 1.82) is 0 Å². The average molecular weight is 167 g/mol. The van der Waals surface area contributed by atoms with Gasteiger partial charge < -0.3 is 5.32 Å². The molecule has 2 aliphatic heterocycles. The number of hydrogen-bond acceptors (Lipinski definition) is 1. The molecule has 12 heavy (non-hydrogen) atoms. The third-order valence-corrected chi connectivity index (χ3v) is 3.95. The topological polar surface area (TPSA) is 29.1 Å². The minimum Gasteiger partial charge on any atom is -0.356 e. The van der Waals surface area contributed by atoms with E-state index < -0.39 is 0 Å². The van der Waals surface area contributed by atoms with E-state index in [0.717, 1.165) is 18.9 Å². The molecule has 2 nitrogen and oxygen atoms in total. The van der Waals surface area contributed by atoms with Crippen LogP contribution in [0.25, 0.3) is 0 Å². The van der Waals surface area contributed by atoms with Gasteiger partial charge in [0, 0.05) is 12.5 Å². The smallest absolute Gasteiger partial charge is 0.223 e. The van der Waals surface area contributed by atoms with Crippen LogP contribution in [0.5, 0.6) is 0 Å². The van der Waals surface area contributed by atoms with Gasteiger partial charge in [0.15, 0.2) is 0 Å². The number of carbonyl (C=O) groups is 1. The first-order valence-electron chi connectivity index (χ1n) is 4.81. The number of carbonyl (C=O) groups excluding carboxylic acids is 1. The predicted octanol–water partition coefficient (Wildman–Crippen LogP) is 1.41. The Morgan fingerprint density at radius 1 is 1.50 bits per heavy atom. The maximum absolute atomic E-state index is 11.5. The summed E-state index contributed by atoms with van der Waals surface area (Å²) in [6.07, 6.45) is 1.11. The van der Waals surface area contributed by atoms with E-state index in [9.17, 15) is 4.79 Å². The van der Waals surface area contributed by atoms with Crippen LogP contribution in [0.1, 0.15) is 27.2 Å². The van der Waals surface area contributed by atoms with Crippen LogP contribution >= 0.6 is 0 Å². The summed E-state index contributed by atoms with van der Waals surface area (Å²) in [5, 5.41) is 3.00. The molecule has 2 saturated heterocycles. The van der Waals surface area contributed by atoms with Gasteiger partial charge in [0.1, 0.15) is 0 Å². The predicted molar refractivity (Wildman–Crippen MR) is 47.6 cm³/mol. The van der Waals surface area contributed by atoms with Crippen molar-refractivity contribution >= 4 is 5.91 Å². The Kier molecular flexibility index (Phi) is 1.51. The molecular weight excluding hydrogens is 150 g/mol. The Morgan fingerprint density at radius 3 is 2.75 bits per heavy atom. The van der Waals surface area contributed by atoms with Gasteiger partial charge in [-0.25, -0.2) is 0 Å². The fraction of sp³-hybridized carbons (Fsp3) is 0.900. The highest BCUT2D eigenvalue weighted by atomic mass is 16.2. The Morgan fingerprint density at radius 2 is 2.17 bits per heavy atom. The van der Waals surface area contributed by atoms with Crippen molar-refractivity contribution in [3.8, 4) is 0 Å². The van der Waals surface area contributed by atoms with Gasteiger partial charge in [-0.1, -0.05) is 20.8 Å². The van der Waals surface area contributed by atoms with E-state index in [1.54, 1.807) is 0 Å². The average Bonchev–Trinajstić information content (AvgIpc) is 2.16. The fourth-order valence-electron chi connectivity index (χ4n) is 2.90. The molecule has 0 aromatic carbocycles. The van der Waals surface area contributed by atoms with E-state index in [1.165, 1.54) is 0 Å². The molecule has 0 aromatic heterocycles. The van der Waals surface area contributed by atoms with E-state index in [2.05, 4.69) is 26.1 Å². The van der Waals surface area contributed by atoms with Crippen molar-refractivity contribution in [3.63, 3.8) is 0 Å².